The molecule has 2 nitrogen and oxygen atoms in total. The van der Waals surface area contributed by atoms with Gasteiger partial charge in [-0.05, 0) is 24.5 Å². The molecule has 0 fully saturated rings. The maximum absolute atomic E-state index is 5.40. The average molecular weight is 197 g/mol. The summed E-state index contributed by atoms with van der Waals surface area (Å²) in [5, 5.41) is 0.698. The third kappa shape index (κ3) is 1.32. The van der Waals surface area contributed by atoms with Gasteiger partial charge in [0.2, 0.25) is 0 Å². The molecule has 0 bridgehead atoms. The first-order valence-corrected chi connectivity index (χ1v) is 5.10. The largest absolute Gasteiger partial charge is 0.431 e. The Kier molecular flexibility index (Phi) is 2.02. The van der Waals surface area contributed by atoms with Crippen molar-refractivity contribution in [1.82, 2.24) is 4.98 Å². The number of hydrogen-bond donors (Lipinski definition) is 1. The normalized spacial score (nSPS) is 10.8. The minimum Gasteiger partial charge on any atom is -0.431 e. The Labute approximate surface area is 79.8 Å². The van der Waals surface area contributed by atoms with E-state index in [0.29, 0.717) is 5.22 Å². The lowest BCUT2D eigenvalue weighted by Gasteiger charge is -1.87. The van der Waals surface area contributed by atoms with E-state index in [1.807, 2.05) is 24.5 Å². The van der Waals surface area contributed by atoms with Crippen LogP contribution in [0.1, 0.15) is 0 Å². The number of thiol groups is 1. The lowest BCUT2D eigenvalue weighted by atomic mass is 10.3. The summed E-state index contributed by atoms with van der Waals surface area (Å²) in [7, 11) is 0. The fourth-order valence-corrected chi connectivity index (χ4v) is 1.53. The number of fused-ring (bicyclic) bond motifs is 1. The minimum atomic E-state index is 0.698. The Morgan fingerprint density at radius 3 is 3.08 bits per heavy atom. The fraction of sp³-hybridized carbons (Fsp3) is 0.125. The van der Waals surface area contributed by atoms with Crippen molar-refractivity contribution in [1.29, 1.82) is 0 Å². The van der Waals surface area contributed by atoms with Crippen LogP contribution in [0.5, 0.6) is 0 Å². The predicted molar refractivity (Wildman–Crippen MR) is 53.0 cm³/mol. The molecule has 0 amide bonds. The van der Waals surface area contributed by atoms with E-state index in [-0.39, 0.29) is 0 Å². The first-order valence-electron chi connectivity index (χ1n) is 3.43. The van der Waals surface area contributed by atoms with Gasteiger partial charge in [0, 0.05) is 4.90 Å². The highest BCUT2D eigenvalue weighted by molar-refractivity contribution is 7.98. The Morgan fingerprint density at radius 2 is 2.33 bits per heavy atom. The van der Waals surface area contributed by atoms with E-state index < -0.39 is 0 Å². The van der Waals surface area contributed by atoms with Crippen LogP contribution in [0, 0.1) is 0 Å². The van der Waals surface area contributed by atoms with E-state index >= 15 is 0 Å². The Morgan fingerprint density at radius 1 is 1.50 bits per heavy atom. The molecule has 0 atom stereocenters. The fourth-order valence-electron chi connectivity index (χ4n) is 0.979. The molecule has 2 aromatic rings. The SMILES string of the molecule is CSc1nc2ccc(S)cc2o1. The number of benzene rings is 1. The highest BCUT2D eigenvalue weighted by Gasteiger charge is 2.03. The molecule has 2 rings (SSSR count). The van der Waals surface area contributed by atoms with Crippen LogP contribution >= 0.6 is 24.4 Å². The van der Waals surface area contributed by atoms with Crippen molar-refractivity contribution in [3.05, 3.63) is 18.2 Å². The Hall–Kier alpha value is -0.610. The zero-order valence-corrected chi connectivity index (χ0v) is 8.15. The maximum Gasteiger partial charge on any atom is 0.256 e. The molecule has 0 aliphatic rings. The summed E-state index contributed by atoms with van der Waals surface area (Å²) in [6.07, 6.45) is 1.94. The van der Waals surface area contributed by atoms with Crippen LogP contribution in [-0.2, 0) is 0 Å². The molecule has 0 N–H and O–H groups in total. The summed E-state index contributed by atoms with van der Waals surface area (Å²) in [4.78, 5) is 5.13. The van der Waals surface area contributed by atoms with Crippen molar-refractivity contribution < 1.29 is 4.42 Å². The molecule has 12 heavy (non-hydrogen) atoms. The van der Waals surface area contributed by atoms with E-state index in [1.165, 1.54) is 11.8 Å². The van der Waals surface area contributed by atoms with Crippen molar-refractivity contribution in [2.45, 2.75) is 10.1 Å². The van der Waals surface area contributed by atoms with Gasteiger partial charge in [-0.3, -0.25) is 0 Å². The second-order valence-corrected chi connectivity index (χ2v) is 3.61. The van der Waals surface area contributed by atoms with Crippen molar-refractivity contribution >= 4 is 35.5 Å². The molecule has 0 aliphatic heterocycles. The Balaban J connectivity index is 2.67. The van der Waals surface area contributed by atoms with Gasteiger partial charge in [-0.2, -0.15) is 0 Å². The quantitative estimate of drug-likeness (QED) is 0.562. The van der Waals surface area contributed by atoms with E-state index in [2.05, 4.69) is 17.6 Å². The molecule has 1 aromatic carbocycles. The molecule has 0 radical (unpaired) electrons. The summed E-state index contributed by atoms with van der Waals surface area (Å²) < 4.78 is 5.40. The minimum absolute atomic E-state index is 0.698. The van der Waals surface area contributed by atoms with Crippen LogP contribution < -0.4 is 0 Å². The van der Waals surface area contributed by atoms with E-state index in [4.69, 9.17) is 4.42 Å². The predicted octanol–water partition coefficient (Wildman–Crippen LogP) is 2.84. The van der Waals surface area contributed by atoms with Crippen molar-refractivity contribution in [3.8, 4) is 0 Å². The lowest BCUT2D eigenvalue weighted by molar-refractivity contribution is 0.490. The molecule has 0 saturated heterocycles. The maximum atomic E-state index is 5.40. The molecule has 1 heterocycles. The molecule has 0 unspecified atom stereocenters. The van der Waals surface area contributed by atoms with Gasteiger partial charge in [-0.1, -0.05) is 11.8 Å². The molecular formula is C8H7NOS2. The van der Waals surface area contributed by atoms with Gasteiger partial charge >= 0.3 is 0 Å². The van der Waals surface area contributed by atoms with Gasteiger partial charge in [0.1, 0.15) is 5.52 Å². The summed E-state index contributed by atoms with van der Waals surface area (Å²) in [6.45, 7) is 0. The van der Waals surface area contributed by atoms with Gasteiger partial charge < -0.3 is 4.42 Å². The Bertz CT molecular complexity index is 410. The molecular weight excluding hydrogens is 190 g/mol. The van der Waals surface area contributed by atoms with Crippen molar-refractivity contribution in [2.75, 3.05) is 6.26 Å². The smallest absolute Gasteiger partial charge is 0.256 e. The zero-order chi connectivity index (χ0) is 8.55. The van der Waals surface area contributed by atoms with Gasteiger partial charge in [0.05, 0.1) is 0 Å². The van der Waals surface area contributed by atoms with E-state index in [0.717, 1.165) is 16.0 Å². The third-order valence-electron chi connectivity index (χ3n) is 1.53. The number of rotatable bonds is 1. The van der Waals surface area contributed by atoms with Crippen molar-refractivity contribution in [3.63, 3.8) is 0 Å². The number of aromatic nitrogens is 1. The molecule has 0 aliphatic carbocycles. The zero-order valence-electron chi connectivity index (χ0n) is 6.44. The van der Waals surface area contributed by atoms with Gasteiger partial charge in [-0.25, -0.2) is 4.98 Å². The number of oxazole rings is 1. The highest BCUT2D eigenvalue weighted by Crippen LogP contribution is 2.23. The van der Waals surface area contributed by atoms with Gasteiger partial charge in [0.15, 0.2) is 5.58 Å². The van der Waals surface area contributed by atoms with E-state index in [1.54, 1.807) is 0 Å². The summed E-state index contributed by atoms with van der Waals surface area (Å²) in [6, 6.07) is 5.67. The topological polar surface area (TPSA) is 26.0 Å². The number of nitrogens with zero attached hydrogens (tertiary/aromatic N) is 1. The lowest BCUT2D eigenvalue weighted by Crippen LogP contribution is -1.67. The second-order valence-electron chi connectivity index (χ2n) is 2.34. The second kappa shape index (κ2) is 3.03. The first kappa shape index (κ1) is 8.01. The third-order valence-corrected chi connectivity index (χ3v) is 2.33. The summed E-state index contributed by atoms with van der Waals surface area (Å²) in [5.74, 6) is 0. The summed E-state index contributed by atoms with van der Waals surface area (Å²) >= 11 is 5.70. The van der Waals surface area contributed by atoms with Crippen LogP contribution in [-0.4, -0.2) is 11.2 Å². The van der Waals surface area contributed by atoms with Crippen LogP contribution in [0.2, 0.25) is 0 Å². The molecule has 0 saturated carbocycles. The van der Waals surface area contributed by atoms with Gasteiger partial charge in [0.25, 0.3) is 5.22 Å². The average Bonchev–Trinajstić information content (AvgIpc) is 2.46. The number of thioether (sulfide) groups is 1. The molecule has 1 aromatic heterocycles. The van der Waals surface area contributed by atoms with Crippen molar-refractivity contribution in [2.24, 2.45) is 0 Å². The number of hydrogen-bond acceptors (Lipinski definition) is 4. The van der Waals surface area contributed by atoms with Crippen LogP contribution in [0.15, 0.2) is 32.7 Å². The standard InChI is InChI=1S/C8H7NOS2/c1-12-8-9-6-3-2-5(11)4-7(6)10-8/h2-4,11H,1H3. The molecule has 0 spiro atoms. The van der Waals surface area contributed by atoms with Crippen LogP contribution in [0.4, 0.5) is 0 Å². The summed E-state index contributed by atoms with van der Waals surface area (Å²) in [5.41, 5.74) is 1.68. The van der Waals surface area contributed by atoms with Crippen LogP contribution in [0.3, 0.4) is 0 Å². The highest BCUT2D eigenvalue weighted by atomic mass is 32.2. The monoisotopic (exact) mass is 197 g/mol. The molecule has 4 heteroatoms. The van der Waals surface area contributed by atoms with Gasteiger partial charge in [-0.15, -0.1) is 12.6 Å². The van der Waals surface area contributed by atoms with Crippen LogP contribution in [0.25, 0.3) is 11.1 Å². The van der Waals surface area contributed by atoms with E-state index in [9.17, 15) is 0 Å². The molecule has 62 valence electrons. The first-order chi connectivity index (χ1) is 5.79.